The molecule has 0 bridgehead atoms. The maximum absolute atomic E-state index is 13.3. The first-order valence-electron chi connectivity index (χ1n) is 10.7. The van der Waals surface area contributed by atoms with Gasteiger partial charge in [-0.2, -0.15) is 10.2 Å². The minimum absolute atomic E-state index is 0.0197. The summed E-state index contributed by atoms with van der Waals surface area (Å²) >= 11 is 0. The van der Waals surface area contributed by atoms with Gasteiger partial charge in [0, 0.05) is 13.1 Å². The van der Waals surface area contributed by atoms with Gasteiger partial charge in [-0.25, -0.2) is 4.79 Å². The van der Waals surface area contributed by atoms with Crippen LogP contribution in [0.1, 0.15) is 46.5 Å². The SMILES string of the molecule is CN1CCC(C#N)(NC(=O)C(CCC(C)(C)C)Nc2nc(=O)oc3ccccc23)CC1. The molecule has 0 aliphatic carbocycles. The highest BCUT2D eigenvalue weighted by atomic mass is 16.4. The molecule has 1 unspecified atom stereocenters. The molecule has 31 heavy (non-hydrogen) atoms. The van der Waals surface area contributed by atoms with E-state index in [9.17, 15) is 14.9 Å². The van der Waals surface area contributed by atoms with Crippen LogP contribution >= 0.6 is 0 Å². The van der Waals surface area contributed by atoms with Crippen molar-refractivity contribution < 1.29 is 9.21 Å². The standard InChI is InChI=1S/C23H31N5O3/c1-22(2,3)10-9-17(20(29)27-23(15-24)11-13-28(4)14-12-23)25-19-16-7-5-6-8-18(16)31-21(30)26-19/h5-8,17H,9-14H2,1-4H3,(H,27,29)(H,25,26,30). The molecule has 166 valence electrons. The summed E-state index contributed by atoms with van der Waals surface area (Å²) in [5, 5.41) is 16.6. The van der Waals surface area contributed by atoms with Gasteiger partial charge in [-0.05, 0) is 50.3 Å². The van der Waals surface area contributed by atoms with Crippen LogP contribution in [0.4, 0.5) is 5.82 Å². The van der Waals surface area contributed by atoms with Crippen molar-refractivity contribution in [1.82, 2.24) is 15.2 Å². The fourth-order valence-electron chi connectivity index (χ4n) is 3.73. The average molecular weight is 426 g/mol. The zero-order chi connectivity index (χ0) is 22.6. The van der Waals surface area contributed by atoms with E-state index in [2.05, 4.69) is 47.4 Å². The van der Waals surface area contributed by atoms with E-state index in [4.69, 9.17) is 4.42 Å². The van der Waals surface area contributed by atoms with E-state index in [1.54, 1.807) is 18.2 Å². The van der Waals surface area contributed by atoms with E-state index in [0.29, 0.717) is 36.0 Å². The number of para-hydroxylation sites is 1. The molecule has 1 aliphatic rings. The highest BCUT2D eigenvalue weighted by molar-refractivity contribution is 5.91. The van der Waals surface area contributed by atoms with Gasteiger partial charge in [-0.3, -0.25) is 4.79 Å². The number of carbonyl (C=O) groups excluding carboxylic acids is 1. The predicted octanol–water partition coefficient (Wildman–Crippen LogP) is 2.90. The van der Waals surface area contributed by atoms with E-state index in [1.807, 2.05) is 13.1 Å². The van der Waals surface area contributed by atoms with Crippen LogP contribution in [0.2, 0.25) is 0 Å². The normalized spacial score (nSPS) is 17.6. The number of fused-ring (bicyclic) bond motifs is 1. The Bertz CT molecular complexity index is 1030. The molecule has 3 rings (SSSR count). The summed E-state index contributed by atoms with van der Waals surface area (Å²) in [5.74, 6) is -0.662. The Hall–Kier alpha value is -2.92. The van der Waals surface area contributed by atoms with Gasteiger partial charge in [0.15, 0.2) is 0 Å². The zero-order valence-corrected chi connectivity index (χ0v) is 18.7. The van der Waals surface area contributed by atoms with Crippen LogP contribution in [0.15, 0.2) is 33.5 Å². The number of nitrogens with zero attached hydrogens (tertiary/aromatic N) is 3. The zero-order valence-electron chi connectivity index (χ0n) is 18.7. The molecule has 8 nitrogen and oxygen atoms in total. The van der Waals surface area contributed by atoms with Crippen LogP contribution in [0, 0.1) is 16.7 Å². The summed E-state index contributed by atoms with van der Waals surface area (Å²) in [5.41, 5.74) is -0.452. The second-order valence-corrected chi connectivity index (χ2v) is 9.61. The van der Waals surface area contributed by atoms with Crippen molar-refractivity contribution in [2.24, 2.45) is 5.41 Å². The summed E-state index contributed by atoms with van der Waals surface area (Å²) in [6.07, 6.45) is 2.47. The van der Waals surface area contributed by atoms with Crippen LogP contribution in [-0.2, 0) is 4.79 Å². The first kappa shape index (κ1) is 22.8. The van der Waals surface area contributed by atoms with Gasteiger partial charge in [-0.15, -0.1) is 0 Å². The second kappa shape index (κ2) is 9.06. The van der Waals surface area contributed by atoms with Crippen LogP contribution in [0.3, 0.4) is 0 Å². The summed E-state index contributed by atoms with van der Waals surface area (Å²) in [4.78, 5) is 31.4. The van der Waals surface area contributed by atoms with Crippen molar-refractivity contribution in [3.8, 4) is 6.07 Å². The van der Waals surface area contributed by atoms with Gasteiger partial charge in [0.1, 0.15) is 23.0 Å². The summed E-state index contributed by atoms with van der Waals surface area (Å²) < 4.78 is 5.17. The molecule has 1 saturated heterocycles. The third-order valence-corrected chi connectivity index (χ3v) is 5.77. The molecule has 0 radical (unpaired) electrons. The molecule has 1 amide bonds. The molecule has 2 heterocycles. The van der Waals surface area contributed by atoms with Gasteiger partial charge in [0.25, 0.3) is 0 Å². The summed E-state index contributed by atoms with van der Waals surface area (Å²) in [6.45, 7) is 7.83. The van der Waals surface area contributed by atoms with Gasteiger partial charge in [-0.1, -0.05) is 32.9 Å². The second-order valence-electron chi connectivity index (χ2n) is 9.61. The van der Waals surface area contributed by atoms with E-state index in [0.717, 1.165) is 19.5 Å². The Balaban J connectivity index is 1.87. The highest BCUT2D eigenvalue weighted by Gasteiger charge is 2.37. The topological polar surface area (TPSA) is 111 Å². The number of likely N-dealkylation sites (tertiary alicyclic amines) is 1. The Labute approximate surface area is 182 Å². The monoisotopic (exact) mass is 425 g/mol. The largest absolute Gasteiger partial charge is 0.441 e. The Morgan fingerprint density at radius 3 is 2.65 bits per heavy atom. The van der Waals surface area contributed by atoms with E-state index in [1.165, 1.54) is 0 Å². The maximum atomic E-state index is 13.3. The lowest BCUT2D eigenvalue weighted by atomic mass is 9.86. The molecule has 1 fully saturated rings. The minimum atomic E-state index is -0.879. The number of benzene rings is 1. The fraction of sp³-hybridized carbons (Fsp3) is 0.565. The number of amides is 1. The molecule has 2 N–H and O–H groups in total. The van der Waals surface area contributed by atoms with Crippen LogP contribution in [0.25, 0.3) is 11.0 Å². The lowest BCUT2D eigenvalue weighted by Crippen LogP contribution is -2.57. The number of anilines is 1. The third-order valence-electron chi connectivity index (χ3n) is 5.77. The number of piperidine rings is 1. The Morgan fingerprint density at radius 2 is 2.00 bits per heavy atom. The molecular weight excluding hydrogens is 394 g/mol. The Morgan fingerprint density at radius 1 is 1.32 bits per heavy atom. The molecule has 8 heteroatoms. The van der Waals surface area contributed by atoms with Crippen molar-refractivity contribution in [2.45, 2.75) is 58.0 Å². The maximum Gasteiger partial charge on any atom is 0.441 e. The number of nitriles is 1. The van der Waals surface area contributed by atoms with Crippen LogP contribution in [0.5, 0.6) is 0 Å². The molecule has 1 aromatic carbocycles. The lowest BCUT2D eigenvalue weighted by Gasteiger charge is -2.37. The number of carbonyl (C=O) groups is 1. The van der Waals surface area contributed by atoms with Crippen molar-refractivity contribution in [3.63, 3.8) is 0 Å². The average Bonchev–Trinajstić information content (AvgIpc) is 2.72. The Kier molecular flexibility index (Phi) is 6.65. The molecule has 2 aromatic rings. The lowest BCUT2D eigenvalue weighted by molar-refractivity contribution is -0.123. The smallest absolute Gasteiger partial charge is 0.408 e. The van der Waals surface area contributed by atoms with Gasteiger partial charge in [0.05, 0.1) is 11.5 Å². The third kappa shape index (κ3) is 5.82. The predicted molar refractivity (Wildman–Crippen MR) is 120 cm³/mol. The highest BCUT2D eigenvalue weighted by Crippen LogP contribution is 2.26. The van der Waals surface area contributed by atoms with E-state index >= 15 is 0 Å². The molecule has 0 spiro atoms. The molecule has 0 saturated carbocycles. The summed E-state index contributed by atoms with van der Waals surface area (Å²) in [7, 11) is 2.01. The number of hydrogen-bond donors (Lipinski definition) is 2. The quantitative estimate of drug-likeness (QED) is 0.732. The molecule has 1 aliphatic heterocycles. The number of nitrogens with one attached hydrogen (secondary N) is 2. The van der Waals surface area contributed by atoms with Gasteiger partial charge < -0.3 is 20.0 Å². The van der Waals surface area contributed by atoms with Crippen molar-refractivity contribution >= 4 is 22.7 Å². The molecule has 1 aromatic heterocycles. The first-order valence-corrected chi connectivity index (χ1v) is 10.7. The van der Waals surface area contributed by atoms with Crippen LogP contribution in [-0.4, -0.2) is 47.5 Å². The number of hydrogen-bond acceptors (Lipinski definition) is 7. The number of rotatable bonds is 6. The fourth-order valence-corrected chi connectivity index (χ4v) is 3.73. The van der Waals surface area contributed by atoms with E-state index < -0.39 is 17.3 Å². The van der Waals surface area contributed by atoms with Gasteiger partial charge >= 0.3 is 5.76 Å². The van der Waals surface area contributed by atoms with E-state index in [-0.39, 0.29) is 11.3 Å². The first-order chi connectivity index (χ1) is 14.6. The van der Waals surface area contributed by atoms with Crippen molar-refractivity contribution in [2.75, 3.05) is 25.5 Å². The van der Waals surface area contributed by atoms with Gasteiger partial charge in [0.2, 0.25) is 5.91 Å². The van der Waals surface area contributed by atoms with Crippen molar-refractivity contribution in [3.05, 3.63) is 34.8 Å². The molecular formula is C23H31N5O3. The summed E-state index contributed by atoms with van der Waals surface area (Å²) in [6, 6.07) is 8.77. The molecule has 1 atom stereocenters. The van der Waals surface area contributed by atoms with Crippen molar-refractivity contribution in [1.29, 1.82) is 5.26 Å². The minimum Gasteiger partial charge on any atom is -0.408 e. The van der Waals surface area contributed by atoms with Crippen LogP contribution < -0.4 is 16.4 Å². The number of aromatic nitrogens is 1.